The predicted octanol–water partition coefficient (Wildman–Crippen LogP) is 3.50. The zero-order chi connectivity index (χ0) is 15.1. The van der Waals surface area contributed by atoms with Gasteiger partial charge in [-0.05, 0) is 62.9 Å². The van der Waals surface area contributed by atoms with Gasteiger partial charge in [0.05, 0.1) is 6.10 Å². The SMILES string of the molecule is CCCNCc1ccc(N2CCC(OCC)CC2)cc1C. The Kier molecular flexibility index (Phi) is 6.52. The van der Waals surface area contributed by atoms with Crippen molar-refractivity contribution in [2.75, 3.05) is 31.1 Å². The molecule has 1 fully saturated rings. The number of ether oxygens (including phenoxy) is 1. The smallest absolute Gasteiger partial charge is 0.0608 e. The summed E-state index contributed by atoms with van der Waals surface area (Å²) in [6, 6.07) is 6.89. The molecule has 1 aliphatic rings. The molecule has 0 bridgehead atoms. The van der Waals surface area contributed by atoms with Crippen molar-refractivity contribution in [2.45, 2.75) is 52.7 Å². The Labute approximate surface area is 129 Å². The molecule has 3 heteroatoms. The Balaban J connectivity index is 1.91. The molecule has 1 heterocycles. The molecule has 1 N–H and O–H groups in total. The van der Waals surface area contributed by atoms with Crippen LogP contribution in [0.3, 0.4) is 0 Å². The second-order valence-electron chi connectivity index (χ2n) is 5.93. The first kappa shape index (κ1) is 16.3. The second-order valence-corrected chi connectivity index (χ2v) is 5.93. The molecule has 1 aliphatic heterocycles. The molecule has 0 amide bonds. The highest BCUT2D eigenvalue weighted by Crippen LogP contribution is 2.24. The van der Waals surface area contributed by atoms with Crippen LogP contribution in [-0.2, 0) is 11.3 Å². The van der Waals surface area contributed by atoms with E-state index in [1.54, 1.807) is 0 Å². The largest absolute Gasteiger partial charge is 0.378 e. The Bertz CT molecular complexity index is 425. The normalized spacial score (nSPS) is 16.4. The summed E-state index contributed by atoms with van der Waals surface area (Å²) < 4.78 is 5.73. The molecule has 3 nitrogen and oxygen atoms in total. The van der Waals surface area contributed by atoms with Crippen LogP contribution in [0.15, 0.2) is 18.2 Å². The number of hydrogen-bond acceptors (Lipinski definition) is 3. The Morgan fingerprint density at radius 1 is 1.24 bits per heavy atom. The minimum Gasteiger partial charge on any atom is -0.378 e. The highest BCUT2D eigenvalue weighted by atomic mass is 16.5. The van der Waals surface area contributed by atoms with Crippen molar-refractivity contribution < 1.29 is 4.74 Å². The number of hydrogen-bond donors (Lipinski definition) is 1. The van der Waals surface area contributed by atoms with Crippen LogP contribution in [0.25, 0.3) is 0 Å². The predicted molar refractivity (Wildman–Crippen MR) is 90.0 cm³/mol. The highest BCUT2D eigenvalue weighted by molar-refractivity contribution is 5.51. The number of nitrogens with zero attached hydrogens (tertiary/aromatic N) is 1. The van der Waals surface area contributed by atoms with Gasteiger partial charge in [-0.15, -0.1) is 0 Å². The van der Waals surface area contributed by atoms with E-state index in [0.29, 0.717) is 6.10 Å². The minimum absolute atomic E-state index is 0.463. The molecule has 2 rings (SSSR count). The first-order valence-electron chi connectivity index (χ1n) is 8.41. The number of aryl methyl sites for hydroxylation is 1. The lowest BCUT2D eigenvalue weighted by Crippen LogP contribution is -2.37. The molecule has 0 unspecified atom stereocenters. The van der Waals surface area contributed by atoms with Crippen LogP contribution in [0.2, 0.25) is 0 Å². The zero-order valence-electron chi connectivity index (χ0n) is 13.8. The summed E-state index contributed by atoms with van der Waals surface area (Å²) in [6.45, 7) is 11.6. The van der Waals surface area contributed by atoms with Gasteiger partial charge in [0.15, 0.2) is 0 Å². The van der Waals surface area contributed by atoms with E-state index in [0.717, 1.165) is 45.6 Å². The number of piperidine rings is 1. The molecule has 0 aromatic heterocycles. The number of anilines is 1. The Hall–Kier alpha value is -1.06. The molecule has 0 radical (unpaired) electrons. The van der Waals surface area contributed by atoms with Crippen LogP contribution in [-0.4, -0.2) is 32.3 Å². The average molecular weight is 290 g/mol. The molecule has 118 valence electrons. The average Bonchev–Trinajstić information content (AvgIpc) is 2.50. The third-order valence-electron chi connectivity index (χ3n) is 4.28. The van der Waals surface area contributed by atoms with Crippen molar-refractivity contribution in [2.24, 2.45) is 0 Å². The van der Waals surface area contributed by atoms with E-state index in [2.05, 4.69) is 49.2 Å². The molecule has 0 saturated carbocycles. The lowest BCUT2D eigenvalue weighted by Gasteiger charge is -2.33. The fourth-order valence-corrected chi connectivity index (χ4v) is 2.99. The van der Waals surface area contributed by atoms with Gasteiger partial charge in [0.2, 0.25) is 0 Å². The molecule has 21 heavy (non-hydrogen) atoms. The van der Waals surface area contributed by atoms with Gasteiger partial charge >= 0.3 is 0 Å². The van der Waals surface area contributed by atoms with Crippen LogP contribution in [0, 0.1) is 6.92 Å². The zero-order valence-corrected chi connectivity index (χ0v) is 13.8. The second kappa shape index (κ2) is 8.40. The summed E-state index contributed by atoms with van der Waals surface area (Å²) in [4.78, 5) is 2.49. The summed E-state index contributed by atoms with van der Waals surface area (Å²) in [6.07, 6.45) is 3.94. The van der Waals surface area contributed by atoms with Gasteiger partial charge in [0.1, 0.15) is 0 Å². The van der Waals surface area contributed by atoms with Crippen LogP contribution in [0.5, 0.6) is 0 Å². The number of benzene rings is 1. The lowest BCUT2D eigenvalue weighted by atomic mass is 10.0. The third-order valence-corrected chi connectivity index (χ3v) is 4.28. The molecule has 1 aromatic carbocycles. The van der Waals surface area contributed by atoms with Gasteiger partial charge in [-0.1, -0.05) is 13.0 Å². The fraction of sp³-hybridized carbons (Fsp3) is 0.667. The standard InChI is InChI=1S/C18H30N2O/c1-4-10-19-14-16-6-7-17(13-15(16)3)20-11-8-18(9-12-20)21-5-2/h6-7,13,18-19H,4-5,8-12,14H2,1-3H3. The van der Waals surface area contributed by atoms with E-state index in [1.807, 2.05) is 0 Å². The van der Waals surface area contributed by atoms with Gasteiger partial charge < -0.3 is 15.0 Å². The van der Waals surface area contributed by atoms with E-state index >= 15 is 0 Å². The van der Waals surface area contributed by atoms with Crippen molar-refractivity contribution in [3.8, 4) is 0 Å². The van der Waals surface area contributed by atoms with Crippen molar-refractivity contribution >= 4 is 5.69 Å². The maximum absolute atomic E-state index is 5.73. The lowest BCUT2D eigenvalue weighted by molar-refractivity contribution is 0.0459. The molecule has 1 aromatic rings. The van der Waals surface area contributed by atoms with Crippen molar-refractivity contribution in [1.82, 2.24) is 5.32 Å². The van der Waals surface area contributed by atoms with Crippen LogP contribution >= 0.6 is 0 Å². The summed E-state index contributed by atoms with van der Waals surface area (Å²) in [5.74, 6) is 0. The molecule has 0 atom stereocenters. The van der Waals surface area contributed by atoms with Gasteiger partial charge in [0.25, 0.3) is 0 Å². The number of rotatable bonds is 7. The first-order valence-corrected chi connectivity index (χ1v) is 8.41. The Morgan fingerprint density at radius 2 is 2.00 bits per heavy atom. The molecular formula is C18H30N2O. The number of nitrogens with one attached hydrogen (secondary N) is 1. The summed E-state index contributed by atoms with van der Waals surface area (Å²) >= 11 is 0. The van der Waals surface area contributed by atoms with Crippen LogP contribution in [0.1, 0.15) is 44.2 Å². The molecular weight excluding hydrogens is 260 g/mol. The molecule has 0 spiro atoms. The van der Waals surface area contributed by atoms with E-state index in [-0.39, 0.29) is 0 Å². The Morgan fingerprint density at radius 3 is 2.62 bits per heavy atom. The monoisotopic (exact) mass is 290 g/mol. The van der Waals surface area contributed by atoms with Gasteiger partial charge in [0, 0.05) is 31.9 Å². The van der Waals surface area contributed by atoms with E-state index in [4.69, 9.17) is 4.74 Å². The van der Waals surface area contributed by atoms with Gasteiger partial charge in [-0.2, -0.15) is 0 Å². The summed E-state index contributed by atoms with van der Waals surface area (Å²) in [5, 5.41) is 3.48. The van der Waals surface area contributed by atoms with Crippen molar-refractivity contribution in [3.05, 3.63) is 29.3 Å². The summed E-state index contributed by atoms with van der Waals surface area (Å²) in [5.41, 5.74) is 4.17. The third kappa shape index (κ3) is 4.72. The van der Waals surface area contributed by atoms with Gasteiger partial charge in [-0.3, -0.25) is 0 Å². The van der Waals surface area contributed by atoms with E-state index in [1.165, 1.54) is 23.2 Å². The van der Waals surface area contributed by atoms with Crippen LogP contribution < -0.4 is 10.2 Å². The van der Waals surface area contributed by atoms with Crippen molar-refractivity contribution in [3.63, 3.8) is 0 Å². The maximum Gasteiger partial charge on any atom is 0.0608 e. The maximum atomic E-state index is 5.73. The topological polar surface area (TPSA) is 24.5 Å². The quantitative estimate of drug-likeness (QED) is 0.778. The first-order chi connectivity index (χ1) is 10.2. The van der Waals surface area contributed by atoms with Gasteiger partial charge in [-0.25, -0.2) is 0 Å². The van der Waals surface area contributed by atoms with E-state index < -0.39 is 0 Å². The van der Waals surface area contributed by atoms with Crippen LogP contribution in [0.4, 0.5) is 5.69 Å². The summed E-state index contributed by atoms with van der Waals surface area (Å²) in [7, 11) is 0. The highest BCUT2D eigenvalue weighted by Gasteiger charge is 2.19. The van der Waals surface area contributed by atoms with Crippen molar-refractivity contribution in [1.29, 1.82) is 0 Å². The fourth-order valence-electron chi connectivity index (χ4n) is 2.99. The minimum atomic E-state index is 0.463. The van der Waals surface area contributed by atoms with E-state index in [9.17, 15) is 0 Å². The molecule has 1 saturated heterocycles. The molecule has 0 aliphatic carbocycles.